The normalized spacial score (nSPS) is 19.9. The summed E-state index contributed by atoms with van der Waals surface area (Å²) in [6.45, 7) is 4.36. The van der Waals surface area contributed by atoms with Gasteiger partial charge in [-0.15, -0.1) is 10.2 Å². The molecule has 3 aromatic rings. The molecule has 1 heterocycles. The molecule has 0 spiro atoms. The third-order valence-corrected chi connectivity index (χ3v) is 7.21. The Morgan fingerprint density at radius 2 is 1.56 bits per heavy atom. The summed E-state index contributed by atoms with van der Waals surface area (Å²) in [4.78, 5) is 29.4. The van der Waals surface area contributed by atoms with Crippen LogP contribution < -0.4 is 10.6 Å². The maximum Gasteiger partial charge on any atom is 0.321 e. The second-order valence-corrected chi connectivity index (χ2v) is 9.65. The number of nitrogens with one attached hydrogen (secondary N) is 2. The molecule has 0 bridgehead atoms. The zero-order valence-corrected chi connectivity index (χ0v) is 20.2. The summed E-state index contributed by atoms with van der Waals surface area (Å²) in [5.74, 6) is 0.580. The van der Waals surface area contributed by atoms with Crippen LogP contribution in [0, 0.1) is 11.8 Å². The Labute approximate surface area is 204 Å². The van der Waals surface area contributed by atoms with Crippen molar-refractivity contribution in [1.82, 2.24) is 25.8 Å². The first-order valence-electron chi connectivity index (χ1n) is 11.6. The number of rotatable bonds is 6. The first-order chi connectivity index (χ1) is 16.5. The molecule has 7 nitrogen and oxygen atoms in total. The molecule has 1 aromatic heterocycles. The van der Waals surface area contributed by atoms with Gasteiger partial charge in [0.05, 0.1) is 5.75 Å². The average Bonchev–Trinajstić information content (AvgIpc) is 2.86. The van der Waals surface area contributed by atoms with Crippen LogP contribution in [-0.4, -0.2) is 38.9 Å². The van der Waals surface area contributed by atoms with Gasteiger partial charge in [-0.05, 0) is 18.3 Å². The van der Waals surface area contributed by atoms with Crippen LogP contribution in [0.4, 0.5) is 4.79 Å². The van der Waals surface area contributed by atoms with E-state index in [4.69, 9.17) is 4.98 Å². The van der Waals surface area contributed by atoms with Gasteiger partial charge >= 0.3 is 6.03 Å². The van der Waals surface area contributed by atoms with Crippen LogP contribution in [0.25, 0.3) is 22.5 Å². The number of thioether (sulfide) groups is 1. The minimum absolute atomic E-state index is 0.0185. The number of hydrogen-bond acceptors (Lipinski definition) is 6. The van der Waals surface area contributed by atoms with Crippen molar-refractivity contribution >= 4 is 23.7 Å². The largest absolute Gasteiger partial charge is 0.335 e. The SMILES string of the molecule is CC1CCCC(NC(=O)NC(=O)CSc2nnc(-c3ccccc3)c(-c3ccccc3)n2)C1C. The predicted molar refractivity (Wildman–Crippen MR) is 134 cm³/mol. The fourth-order valence-electron chi connectivity index (χ4n) is 4.24. The molecule has 1 aliphatic carbocycles. The number of nitrogens with zero attached hydrogens (tertiary/aromatic N) is 3. The van der Waals surface area contributed by atoms with Crippen LogP contribution in [0.3, 0.4) is 0 Å². The van der Waals surface area contributed by atoms with Crippen LogP contribution >= 0.6 is 11.8 Å². The highest BCUT2D eigenvalue weighted by atomic mass is 32.2. The number of carbonyl (C=O) groups excluding carboxylic acids is 2. The molecule has 1 fully saturated rings. The average molecular weight is 476 g/mol. The van der Waals surface area contributed by atoms with E-state index in [0.29, 0.717) is 28.4 Å². The van der Waals surface area contributed by atoms with Gasteiger partial charge in [0.15, 0.2) is 0 Å². The van der Waals surface area contributed by atoms with Crippen molar-refractivity contribution in [2.24, 2.45) is 11.8 Å². The monoisotopic (exact) mass is 475 g/mol. The number of hydrogen-bond donors (Lipinski definition) is 2. The quantitative estimate of drug-likeness (QED) is 0.490. The fraction of sp³-hybridized carbons (Fsp3) is 0.346. The molecule has 0 saturated heterocycles. The Kier molecular flexibility index (Phi) is 7.90. The molecule has 2 N–H and O–H groups in total. The summed E-state index contributed by atoms with van der Waals surface area (Å²) in [6.07, 6.45) is 3.21. The first-order valence-corrected chi connectivity index (χ1v) is 12.6. The second kappa shape index (κ2) is 11.2. The fourth-order valence-corrected chi connectivity index (χ4v) is 4.83. The van der Waals surface area contributed by atoms with Crippen molar-refractivity contribution in [1.29, 1.82) is 0 Å². The lowest BCUT2D eigenvalue weighted by atomic mass is 9.78. The summed E-state index contributed by atoms with van der Waals surface area (Å²) in [5.41, 5.74) is 3.20. The van der Waals surface area contributed by atoms with E-state index >= 15 is 0 Å². The predicted octanol–water partition coefficient (Wildman–Crippen LogP) is 4.95. The standard InChI is InChI=1S/C26H29N5O2S/c1-17-10-9-15-21(18(17)2)27-25(33)28-22(32)16-34-26-29-23(19-11-5-3-6-12-19)24(30-31-26)20-13-7-4-8-14-20/h3-8,11-14,17-18,21H,9-10,15-16H2,1-2H3,(H2,27,28,32,33). The Morgan fingerprint density at radius 3 is 2.24 bits per heavy atom. The lowest BCUT2D eigenvalue weighted by molar-refractivity contribution is -0.117. The molecule has 4 rings (SSSR count). The molecule has 176 valence electrons. The maximum absolute atomic E-state index is 12.4. The minimum Gasteiger partial charge on any atom is -0.335 e. The number of amides is 3. The molecule has 3 amide bonds. The van der Waals surface area contributed by atoms with Crippen molar-refractivity contribution in [2.45, 2.75) is 44.3 Å². The van der Waals surface area contributed by atoms with Crippen LogP contribution in [-0.2, 0) is 4.79 Å². The lowest BCUT2D eigenvalue weighted by Gasteiger charge is -2.34. The van der Waals surface area contributed by atoms with E-state index in [1.165, 1.54) is 6.42 Å². The summed E-state index contributed by atoms with van der Waals surface area (Å²) in [5, 5.41) is 14.4. The van der Waals surface area contributed by atoms with Gasteiger partial charge in [-0.3, -0.25) is 10.1 Å². The third-order valence-electron chi connectivity index (χ3n) is 6.37. The van der Waals surface area contributed by atoms with Crippen molar-refractivity contribution in [2.75, 3.05) is 5.75 Å². The number of carbonyl (C=O) groups is 2. The van der Waals surface area contributed by atoms with Crippen LogP contribution in [0.2, 0.25) is 0 Å². The number of imide groups is 1. The molecule has 8 heteroatoms. The number of aromatic nitrogens is 3. The molecular formula is C26H29N5O2S. The maximum atomic E-state index is 12.4. The number of urea groups is 1. The molecular weight excluding hydrogens is 446 g/mol. The molecule has 0 aliphatic heterocycles. The topological polar surface area (TPSA) is 96.9 Å². The third kappa shape index (κ3) is 5.99. The lowest BCUT2D eigenvalue weighted by Crippen LogP contribution is -2.49. The molecule has 1 aliphatic rings. The van der Waals surface area contributed by atoms with Crippen molar-refractivity contribution in [3.63, 3.8) is 0 Å². The highest BCUT2D eigenvalue weighted by Crippen LogP contribution is 2.30. The Morgan fingerprint density at radius 1 is 0.912 bits per heavy atom. The van der Waals surface area contributed by atoms with Crippen LogP contribution in [0.1, 0.15) is 33.1 Å². The van der Waals surface area contributed by atoms with E-state index in [0.717, 1.165) is 35.7 Å². The molecule has 0 radical (unpaired) electrons. The van der Waals surface area contributed by atoms with Gasteiger partial charge in [-0.2, -0.15) is 0 Å². The summed E-state index contributed by atoms with van der Waals surface area (Å²) in [6, 6.07) is 19.2. The van der Waals surface area contributed by atoms with E-state index < -0.39 is 11.9 Å². The van der Waals surface area contributed by atoms with Crippen molar-refractivity contribution in [3.05, 3.63) is 60.7 Å². The zero-order valence-electron chi connectivity index (χ0n) is 19.4. The van der Waals surface area contributed by atoms with Gasteiger partial charge in [0.2, 0.25) is 11.1 Å². The van der Waals surface area contributed by atoms with Gasteiger partial charge in [0, 0.05) is 17.2 Å². The summed E-state index contributed by atoms with van der Waals surface area (Å²) < 4.78 is 0. The smallest absolute Gasteiger partial charge is 0.321 e. The summed E-state index contributed by atoms with van der Waals surface area (Å²) >= 11 is 1.15. The molecule has 1 saturated carbocycles. The highest BCUT2D eigenvalue weighted by Gasteiger charge is 2.28. The Balaban J connectivity index is 1.41. The van der Waals surface area contributed by atoms with E-state index in [2.05, 4.69) is 34.7 Å². The van der Waals surface area contributed by atoms with Gasteiger partial charge in [0.25, 0.3) is 0 Å². The second-order valence-electron chi connectivity index (χ2n) is 8.71. The highest BCUT2D eigenvalue weighted by molar-refractivity contribution is 7.99. The molecule has 2 aromatic carbocycles. The summed E-state index contributed by atoms with van der Waals surface area (Å²) in [7, 11) is 0. The van der Waals surface area contributed by atoms with E-state index in [1.54, 1.807) is 0 Å². The first kappa shape index (κ1) is 23.9. The van der Waals surface area contributed by atoms with Crippen LogP contribution in [0.5, 0.6) is 0 Å². The van der Waals surface area contributed by atoms with Gasteiger partial charge in [-0.25, -0.2) is 9.78 Å². The van der Waals surface area contributed by atoms with Crippen LogP contribution in [0.15, 0.2) is 65.8 Å². The molecule has 3 unspecified atom stereocenters. The molecule has 3 atom stereocenters. The van der Waals surface area contributed by atoms with Gasteiger partial charge < -0.3 is 5.32 Å². The van der Waals surface area contributed by atoms with Gasteiger partial charge in [-0.1, -0.05) is 99.1 Å². The van der Waals surface area contributed by atoms with Gasteiger partial charge in [0.1, 0.15) is 11.4 Å². The van der Waals surface area contributed by atoms with E-state index in [9.17, 15) is 9.59 Å². The van der Waals surface area contributed by atoms with E-state index in [1.807, 2.05) is 60.7 Å². The number of benzene rings is 2. The minimum atomic E-state index is -0.444. The zero-order chi connectivity index (χ0) is 23.9. The van der Waals surface area contributed by atoms with E-state index in [-0.39, 0.29) is 11.8 Å². The Bertz CT molecular complexity index is 1130. The Hall–Kier alpha value is -3.26. The van der Waals surface area contributed by atoms with Crippen molar-refractivity contribution in [3.8, 4) is 22.5 Å². The molecule has 34 heavy (non-hydrogen) atoms. The van der Waals surface area contributed by atoms with Crippen molar-refractivity contribution < 1.29 is 9.59 Å².